The van der Waals surface area contributed by atoms with Gasteiger partial charge in [-0.2, -0.15) is 4.76 Å². The Hall–Kier alpha value is 0.590. The standard InChI is InChI=1S/C6H11Cl2N2O2PS/c1-14-6(9-13(7,8)11)10-2-4-12-5-3-10/h2-5H2,1H3/b9-6-. The molecule has 0 aromatic rings. The van der Waals surface area contributed by atoms with E-state index in [-0.39, 0.29) is 0 Å². The highest BCUT2D eigenvalue weighted by atomic mass is 35.9. The number of hydrogen-bond acceptors (Lipinski definition) is 3. The molecule has 8 heteroatoms. The second-order valence-corrected chi connectivity index (χ2v) is 7.73. The Labute approximate surface area is 97.0 Å². The van der Waals surface area contributed by atoms with Gasteiger partial charge in [0.05, 0.1) is 13.2 Å². The highest BCUT2D eigenvalue weighted by Crippen LogP contribution is 2.58. The average molecular weight is 277 g/mol. The van der Waals surface area contributed by atoms with Crippen LogP contribution in [0.25, 0.3) is 0 Å². The molecule has 14 heavy (non-hydrogen) atoms. The molecule has 0 bridgehead atoms. The third-order valence-corrected chi connectivity index (χ3v) is 3.39. The van der Waals surface area contributed by atoms with Gasteiger partial charge in [-0.25, -0.2) is 0 Å². The van der Waals surface area contributed by atoms with Crippen LogP contribution in [0.4, 0.5) is 0 Å². The van der Waals surface area contributed by atoms with E-state index in [1.165, 1.54) is 11.8 Å². The van der Waals surface area contributed by atoms with E-state index >= 15 is 0 Å². The number of morpholine rings is 1. The lowest BCUT2D eigenvalue weighted by Crippen LogP contribution is -2.39. The van der Waals surface area contributed by atoms with Crippen molar-refractivity contribution < 1.29 is 9.30 Å². The highest BCUT2D eigenvalue weighted by Gasteiger charge is 2.19. The molecule has 1 rings (SSSR count). The van der Waals surface area contributed by atoms with Crippen LogP contribution in [0.5, 0.6) is 0 Å². The minimum atomic E-state index is -3.38. The molecule has 1 aliphatic heterocycles. The van der Waals surface area contributed by atoms with Gasteiger partial charge in [-0.05, 0) is 28.7 Å². The molecular formula is C6H11Cl2N2O2PS. The monoisotopic (exact) mass is 276 g/mol. The molecule has 0 spiro atoms. The molecular weight excluding hydrogens is 266 g/mol. The number of hydrogen-bond donors (Lipinski definition) is 0. The molecule has 1 aliphatic rings. The first-order chi connectivity index (χ1) is 6.53. The third kappa shape index (κ3) is 4.41. The van der Waals surface area contributed by atoms with Crippen molar-refractivity contribution in [2.45, 2.75) is 0 Å². The van der Waals surface area contributed by atoms with Crippen molar-refractivity contribution in [1.29, 1.82) is 0 Å². The smallest absolute Gasteiger partial charge is 0.366 e. The zero-order valence-corrected chi connectivity index (χ0v) is 10.9. The summed E-state index contributed by atoms with van der Waals surface area (Å²) in [5.41, 5.74) is 0. The van der Waals surface area contributed by atoms with Crippen LogP contribution in [0.3, 0.4) is 0 Å². The molecule has 0 aliphatic carbocycles. The van der Waals surface area contributed by atoms with E-state index in [1.54, 1.807) is 0 Å². The van der Waals surface area contributed by atoms with Crippen LogP contribution in [-0.2, 0) is 9.30 Å². The van der Waals surface area contributed by atoms with Gasteiger partial charge in [-0.3, -0.25) is 4.57 Å². The predicted molar refractivity (Wildman–Crippen MR) is 62.7 cm³/mol. The number of thioether (sulfide) groups is 1. The van der Waals surface area contributed by atoms with Crippen molar-refractivity contribution >= 4 is 45.4 Å². The van der Waals surface area contributed by atoms with Crippen LogP contribution in [0.1, 0.15) is 0 Å². The first-order valence-corrected chi connectivity index (χ1v) is 8.68. The topological polar surface area (TPSA) is 41.9 Å². The molecule has 0 aromatic heterocycles. The molecule has 1 fully saturated rings. The van der Waals surface area contributed by atoms with Crippen LogP contribution in [0, 0.1) is 0 Å². The Morgan fingerprint density at radius 2 is 2.07 bits per heavy atom. The van der Waals surface area contributed by atoms with Gasteiger partial charge in [0.15, 0.2) is 5.17 Å². The molecule has 1 heterocycles. The normalized spacial score (nSPS) is 19.9. The van der Waals surface area contributed by atoms with Crippen molar-refractivity contribution in [3.63, 3.8) is 0 Å². The quantitative estimate of drug-likeness (QED) is 0.420. The fraction of sp³-hybridized carbons (Fsp3) is 0.833. The molecule has 0 saturated carbocycles. The maximum Gasteiger partial charge on any atom is 0.366 e. The Bertz CT molecular complexity index is 265. The van der Waals surface area contributed by atoms with Gasteiger partial charge in [0.1, 0.15) is 0 Å². The van der Waals surface area contributed by atoms with E-state index in [1.807, 2.05) is 11.2 Å². The van der Waals surface area contributed by atoms with Crippen LogP contribution >= 0.6 is 40.2 Å². The van der Waals surface area contributed by atoms with E-state index in [2.05, 4.69) is 4.76 Å². The van der Waals surface area contributed by atoms with E-state index < -0.39 is 6.00 Å². The highest BCUT2D eigenvalue weighted by molar-refractivity contribution is 8.14. The molecule has 4 nitrogen and oxygen atoms in total. The number of ether oxygens (including phenoxy) is 1. The Morgan fingerprint density at radius 3 is 2.50 bits per heavy atom. The molecule has 0 aromatic carbocycles. The van der Waals surface area contributed by atoms with Gasteiger partial charge in [-0.1, -0.05) is 11.8 Å². The summed E-state index contributed by atoms with van der Waals surface area (Å²) >= 11 is 12.2. The summed E-state index contributed by atoms with van der Waals surface area (Å²) in [5, 5.41) is 0.613. The molecule has 0 unspecified atom stereocenters. The molecule has 0 radical (unpaired) electrons. The van der Waals surface area contributed by atoms with E-state index in [0.29, 0.717) is 18.4 Å². The second kappa shape index (κ2) is 5.61. The molecule has 0 amide bonds. The first-order valence-electron chi connectivity index (χ1n) is 3.99. The van der Waals surface area contributed by atoms with Crippen LogP contribution in [0.2, 0.25) is 0 Å². The minimum Gasteiger partial charge on any atom is -0.378 e. The van der Waals surface area contributed by atoms with Crippen LogP contribution in [0.15, 0.2) is 4.76 Å². The first kappa shape index (κ1) is 12.7. The lowest BCUT2D eigenvalue weighted by Gasteiger charge is -2.28. The second-order valence-electron chi connectivity index (χ2n) is 2.62. The molecule has 82 valence electrons. The van der Waals surface area contributed by atoms with Crippen molar-refractivity contribution in [3.05, 3.63) is 0 Å². The maximum absolute atomic E-state index is 11.1. The lowest BCUT2D eigenvalue weighted by atomic mass is 10.5. The Balaban J connectivity index is 2.69. The fourth-order valence-electron chi connectivity index (χ4n) is 1.09. The van der Waals surface area contributed by atoms with Crippen molar-refractivity contribution in [3.8, 4) is 0 Å². The number of nitrogens with zero attached hydrogens (tertiary/aromatic N) is 2. The van der Waals surface area contributed by atoms with Gasteiger partial charge < -0.3 is 9.64 Å². The van der Waals surface area contributed by atoms with Crippen molar-refractivity contribution in [1.82, 2.24) is 4.90 Å². The Morgan fingerprint density at radius 1 is 1.50 bits per heavy atom. The van der Waals surface area contributed by atoms with Gasteiger partial charge in [-0.15, -0.1) is 0 Å². The lowest BCUT2D eigenvalue weighted by molar-refractivity contribution is 0.0694. The Kier molecular flexibility index (Phi) is 5.08. The van der Waals surface area contributed by atoms with Crippen LogP contribution < -0.4 is 0 Å². The predicted octanol–water partition coefficient (Wildman–Crippen LogP) is 2.62. The summed E-state index contributed by atoms with van der Waals surface area (Å²) in [5.74, 6) is -3.38. The number of amidine groups is 1. The van der Waals surface area contributed by atoms with Gasteiger partial charge >= 0.3 is 6.00 Å². The van der Waals surface area contributed by atoms with Crippen molar-refractivity contribution in [2.75, 3.05) is 32.6 Å². The van der Waals surface area contributed by atoms with Gasteiger partial charge in [0.2, 0.25) is 0 Å². The molecule has 1 saturated heterocycles. The molecule has 0 atom stereocenters. The molecule has 0 N–H and O–H groups in total. The van der Waals surface area contributed by atoms with Gasteiger partial charge in [0.25, 0.3) is 0 Å². The minimum absolute atomic E-state index is 0.613. The SMILES string of the molecule is CS/C(=N\P(=O)(Cl)Cl)N1CCOCC1. The number of rotatable bonds is 1. The van der Waals surface area contributed by atoms with Crippen molar-refractivity contribution in [2.24, 2.45) is 4.76 Å². The summed E-state index contributed by atoms with van der Waals surface area (Å²) < 4.78 is 20.1. The van der Waals surface area contributed by atoms with Crippen LogP contribution in [-0.4, -0.2) is 42.6 Å². The largest absolute Gasteiger partial charge is 0.378 e. The third-order valence-electron chi connectivity index (χ3n) is 1.67. The zero-order valence-electron chi connectivity index (χ0n) is 7.65. The van der Waals surface area contributed by atoms with E-state index in [4.69, 9.17) is 27.2 Å². The van der Waals surface area contributed by atoms with Gasteiger partial charge in [0, 0.05) is 13.1 Å². The summed E-state index contributed by atoms with van der Waals surface area (Å²) in [6.45, 7) is 2.75. The average Bonchev–Trinajstić information content (AvgIpc) is 2.14. The maximum atomic E-state index is 11.1. The fourth-order valence-corrected chi connectivity index (χ4v) is 3.22. The van der Waals surface area contributed by atoms with E-state index in [0.717, 1.165) is 13.1 Å². The summed E-state index contributed by atoms with van der Waals surface area (Å²) in [4.78, 5) is 1.96. The van der Waals surface area contributed by atoms with E-state index in [9.17, 15) is 4.57 Å². The summed E-state index contributed by atoms with van der Waals surface area (Å²) in [7, 11) is 0. The zero-order chi connectivity index (χ0) is 10.6. The number of halogens is 2. The summed E-state index contributed by atoms with van der Waals surface area (Å²) in [6.07, 6.45) is 1.84. The summed E-state index contributed by atoms with van der Waals surface area (Å²) in [6, 6.07) is 0.